The minimum atomic E-state index is -4.67. The molecule has 0 amide bonds. The van der Waals surface area contributed by atoms with Crippen LogP contribution in [0.4, 0.5) is 47.3 Å². The number of fused-ring (bicyclic) bond motifs is 7. The molecule has 462 valence electrons. The summed E-state index contributed by atoms with van der Waals surface area (Å²) < 4.78 is 47.9. The monoisotopic (exact) mass is 1260 g/mol. The van der Waals surface area contributed by atoms with E-state index in [4.69, 9.17) is 15.0 Å². The van der Waals surface area contributed by atoms with E-state index in [0.29, 0.717) is 22.7 Å². The summed E-state index contributed by atoms with van der Waals surface area (Å²) in [6.45, 7) is -0.231. The summed E-state index contributed by atoms with van der Waals surface area (Å²) in [5.41, 5.74) is 23.4. The van der Waals surface area contributed by atoms with Crippen molar-refractivity contribution in [1.82, 2.24) is 19.5 Å². The van der Waals surface area contributed by atoms with Crippen LogP contribution >= 0.6 is 0 Å². The number of alkyl halides is 3. The molecule has 10 heteroatoms. The van der Waals surface area contributed by atoms with Gasteiger partial charge in [0.05, 0.1) is 22.3 Å². The topological polar surface area (TPSA) is 50.1 Å². The Kier molecular flexibility index (Phi) is 14.0. The predicted molar refractivity (Wildman–Crippen MR) is 397 cm³/mol. The van der Waals surface area contributed by atoms with Crippen LogP contribution in [-0.2, 0) is 6.18 Å². The highest BCUT2D eigenvalue weighted by Gasteiger charge is 2.44. The summed E-state index contributed by atoms with van der Waals surface area (Å²) in [6.07, 6.45) is -4.67. The van der Waals surface area contributed by atoms with Crippen molar-refractivity contribution in [2.24, 2.45) is 0 Å². The van der Waals surface area contributed by atoms with Gasteiger partial charge in [0.25, 0.3) is 6.71 Å². The van der Waals surface area contributed by atoms with Gasteiger partial charge in [-0.15, -0.1) is 0 Å². The summed E-state index contributed by atoms with van der Waals surface area (Å²) in [5.74, 6) is 1.03. The van der Waals surface area contributed by atoms with Crippen molar-refractivity contribution in [3.05, 3.63) is 345 Å². The van der Waals surface area contributed by atoms with Crippen LogP contribution in [-0.4, -0.2) is 26.2 Å². The van der Waals surface area contributed by atoms with E-state index in [1.807, 2.05) is 95.6 Å². The number of para-hydroxylation sites is 1. The van der Waals surface area contributed by atoms with Gasteiger partial charge in [-0.1, -0.05) is 255 Å². The first kappa shape index (κ1) is 58.0. The number of anilines is 6. The van der Waals surface area contributed by atoms with Crippen LogP contribution in [0.25, 0.3) is 117 Å². The van der Waals surface area contributed by atoms with Crippen molar-refractivity contribution in [2.45, 2.75) is 6.18 Å². The Bertz CT molecular complexity index is 5460. The van der Waals surface area contributed by atoms with Crippen LogP contribution in [0.15, 0.2) is 340 Å². The lowest BCUT2D eigenvalue weighted by atomic mass is 9.33. The molecule has 16 aromatic rings. The molecule has 98 heavy (non-hydrogen) atoms. The standard InChI is InChI=1S/C88H56BF3N6/c90-88(91,92)69-42-47-73(87-94-85(63-29-15-5-16-30-63)93-86(95-87)64-31-17-6-18-32-64)81(56-69)98-77-34-20-19-33-72(77)74-51-65(39-48-78(74)98)68-54-82-84-83(55-68)97(71-45-37-62(38-46-71)58-23-9-2-10-24-58)80-50-41-67(60-27-13-4-14-28-60)53-76(80)89(84)75-52-66(59-25-11-3-12-26-59)40-49-79(75)96(82)70-43-35-61(36-44-70)57-21-7-1-8-22-57/h1-56H. The Labute approximate surface area is 565 Å². The Hall–Kier alpha value is -12.7. The SMILES string of the molecule is FC(F)(F)c1ccc(-c2nc(-c3ccccc3)nc(-c3ccccc3)n2)c(-n2c3ccccc3c3cc(-c4cc5c6c(c4)N(c4ccc(-c7ccccc7)cc4)c4ccc(-c7ccccc7)cc4B6c4cc(-c6ccccc6)ccc4N5c4ccc(-c5ccccc5)cc4)ccc32)c1. The summed E-state index contributed by atoms with van der Waals surface area (Å²) in [4.78, 5) is 20.0. The quantitative estimate of drug-likeness (QED) is 0.121. The average Bonchev–Trinajstić information content (AvgIpc) is 0.725. The van der Waals surface area contributed by atoms with Gasteiger partial charge < -0.3 is 14.4 Å². The first-order chi connectivity index (χ1) is 48.2. The van der Waals surface area contributed by atoms with Crippen LogP contribution in [0.2, 0.25) is 0 Å². The van der Waals surface area contributed by atoms with E-state index in [1.54, 1.807) is 0 Å². The van der Waals surface area contributed by atoms with Crippen molar-refractivity contribution in [3.8, 4) is 95.5 Å². The number of benzene rings is 14. The van der Waals surface area contributed by atoms with Crippen molar-refractivity contribution >= 4 is 79.0 Å². The van der Waals surface area contributed by atoms with Crippen molar-refractivity contribution in [2.75, 3.05) is 9.80 Å². The molecule has 2 aliphatic heterocycles. The summed E-state index contributed by atoms with van der Waals surface area (Å²) >= 11 is 0. The lowest BCUT2D eigenvalue weighted by Gasteiger charge is -2.44. The molecule has 0 saturated heterocycles. The van der Waals surface area contributed by atoms with Gasteiger partial charge in [-0.05, 0) is 157 Å². The second-order valence-electron chi connectivity index (χ2n) is 25.0. The number of hydrogen-bond donors (Lipinski definition) is 0. The number of aromatic nitrogens is 4. The molecule has 0 saturated carbocycles. The van der Waals surface area contributed by atoms with Gasteiger partial charge in [-0.2, -0.15) is 13.2 Å². The lowest BCUT2D eigenvalue weighted by Crippen LogP contribution is -2.61. The average molecular weight is 1270 g/mol. The largest absolute Gasteiger partial charge is 0.416 e. The Morgan fingerprint density at radius 3 is 1.11 bits per heavy atom. The normalized spacial score (nSPS) is 12.4. The van der Waals surface area contributed by atoms with Gasteiger partial charge in [0.1, 0.15) is 0 Å². The molecule has 0 unspecified atom stereocenters. The fraction of sp³-hybridized carbons (Fsp3) is 0.0114. The van der Waals surface area contributed by atoms with Crippen LogP contribution in [0, 0.1) is 0 Å². The first-order valence-electron chi connectivity index (χ1n) is 32.8. The molecule has 0 aliphatic carbocycles. The van der Waals surface area contributed by atoms with Crippen molar-refractivity contribution in [3.63, 3.8) is 0 Å². The molecular formula is C88H56BF3N6. The molecule has 2 aliphatic rings. The van der Waals surface area contributed by atoms with Crippen LogP contribution in [0.3, 0.4) is 0 Å². The number of nitrogens with zero attached hydrogens (tertiary/aromatic N) is 6. The smallest absolute Gasteiger partial charge is 0.311 e. The molecule has 0 bridgehead atoms. The number of rotatable bonds is 11. The Morgan fingerprint density at radius 2 is 0.643 bits per heavy atom. The summed E-state index contributed by atoms with van der Waals surface area (Å²) in [6, 6.07) is 116. The highest BCUT2D eigenvalue weighted by Crippen LogP contribution is 2.49. The number of halogens is 3. The van der Waals surface area contributed by atoms with Gasteiger partial charge in [0, 0.05) is 61.6 Å². The van der Waals surface area contributed by atoms with Crippen molar-refractivity contribution in [1.29, 1.82) is 0 Å². The zero-order valence-electron chi connectivity index (χ0n) is 52.7. The van der Waals surface area contributed by atoms with Gasteiger partial charge in [0.15, 0.2) is 17.5 Å². The maximum absolute atomic E-state index is 15.3. The number of hydrogen-bond acceptors (Lipinski definition) is 5. The Morgan fingerprint density at radius 1 is 0.265 bits per heavy atom. The molecule has 0 radical (unpaired) electrons. The summed E-state index contributed by atoms with van der Waals surface area (Å²) in [7, 11) is 0. The van der Waals surface area contributed by atoms with E-state index >= 15 is 13.2 Å². The van der Waals surface area contributed by atoms with E-state index in [2.05, 4.69) is 240 Å². The highest BCUT2D eigenvalue weighted by atomic mass is 19.4. The second kappa shape index (κ2) is 23.7. The molecule has 6 nitrogen and oxygen atoms in total. The fourth-order valence-electron chi connectivity index (χ4n) is 14.6. The third kappa shape index (κ3) is 10.1. The fourth-order valence-corrected chi connectivity index (χ4v) is 14.6. The molecule has 0 spiro atoms. The molecule has 14 aromatic carbocycles. The molecule has 0 N–H and O–H groups in total. The van der Waals surface area contributed by atoms with Gasteiger partial charge >= 0.3 is 6.18 Å². The minimum Gasteiger partial charge on any atom is -0.311 e. The van der Waals surface area contributed by atoms with E-state index in [1.165, 1.54) is 23.1 Å². The van der Waals surface area contributed by atoms with Crippen LogP contribution < -0.4 is 26.2 Å². The van der Waals surface area contributed by atoms with Crippen LogP contribution in [0.5, 0.6) is 0 Å². The first-order valence-corrected chi connectivity index (χ1v) is 32.8. The van der Waals surface area contributed by atoms with Crippen molar-refractivity contribution < 1.29 is 13.2 Å². The molecule has 2 aromatic heterocycles. The van der Waals surface area contributed by atoms with E-state index in [-0.39, 0.29) is 18.2 Å². The van der Waals surface area contributed by atoms with Gasteiger partial charge in [-0.25, -0.2) is 15.0 Å². The molecule has 18 rings (SSSR count). The third-order valence-corrected chi connectivity index (χ3v) is 19.3. The van der Waals surface area contributed by atoms with Crippen LogP contribution in [0.1, 0.15) is 5.56 Å². The molecule has 0 fully saturated rings. The van der Waals surface area contributed by atoms with E-state index in [0.717, 1.165) is 129 Å². The van der Waals surface area contributed by atoms with E-state index in [9.17, 15) is 0 Å². The van der Waals surface area contributed by atoms with E-state index < -0.39 is 11.7 Å². The highest BCUT2D eigenvalue weighted by molar-refractivity contribution is 7.00. The summed E-state index contributed by atoms with van der Waals surface area (Å²) in [5, 5.41) is 1.72. The van der Waals surface area contributed by atoms with Gasteiger partial charge in [0.2, 0.25) is 0 Å². The molecular weight excluding hydrogens is 1210 g/mol. The molecule has 0 atom stereocenters. The zero-order chi connectivity index (χ0) is 65.4. The van der Waals surface area contributed by atoms with Gasteiger partial charge in [-0.3, -0.25) is 0 Å². The zero-order valence-corrected chi connectivity index (χ0v) is 52.7. The predicted octanol–water partition coefficient (Wildman–Crippen LogP) is 21.4. The molecule has 4 heterocycles. The minimum absolute atomic E-state index is 0.231. The lowest BCUT2D eigenvalue weighted by molar-refractivity contribution is -0.137. The third-order valence-electron chi connectivity index (χ3n) is 19.3. The maximum Gasteiger partial charge on any atom is 0.416 e. The Balaban J connectivity index is 0.887. The maximum atomic E-state index is 15.3. The second-order valence-corrected chi connectivity index (χ2v) is 25.0.